The monoisotopic (exact) mass is 272 g/mol. The predicted molar refractivity (Wildman–Crippen MR) is 72.8 cm³/mol. The summed E-state index contributed by atoms with van der Waals surface area (Å²) in [5, 5.41) is 19.9. The fourth-order valence-corrected chi connectivity index (χ4v) is 2.27. The van der Waals surface area contributed by atoms with Crippen molar-refractivity contribution in [3.63, 3.8) is 0 Å². The minimum absolute atomic E-state index is 0.0857. The number of hydrogen-bond acceptors (Lipinski definition) is 4. The zero-order valence-corrected chi connectivity index (χ0v) is 12.8. The Morgan fingerprint density at radius 2 is 1.94 bits per heavy atom. The molecule has 5 heteroatoms. The van der Waals surface area contributed by atoms with E-state index in [-0.39, 0.29) is 11.6 Å². The van der Waals surface area contributed by atoms with Crippen molar-refractivity contribution in [3.05, 3.63) is 24.2 Å². The van der Waals surface area contributed by atoms with Crippen LogP contribution in [0.3, 0.4) is 0 Å². The minimum Gasteiger partial charge on any atom is -0.466 e. The first-order valence-electron chi connectivity index (χ1n) is 6.18. The number of aliphatic hydroxyl groups is 2. The topological polar surface area (TPSA) is 62.8 Å². The molecule has 1 aromatic heterocycles. The molecule has 0 radical (unpaired) electrons. The van der Waals surface area contributed by atoms with Crippen molar-refractivity contribution in [3.8, 4) is 0 Å². The van der Waals surface area contributed by atoms with E-state index in [1.165, 1.54) is 6.26 Å². The van der Waals surface area contributed by atoms with Gasteiger partial charge in [-0.15, -0.1) is 0 Å². The van der Waals surface area contributed by atoms with E-state index in [0.717, 1.165) is 0 Å². The first-order valence-corrected chi connectivity index (χ1v) is 9.09. The molecule has 4 nitrogen and oxygen atoms in total. The summed E-state index contributed by atoms with van der Waals surface area (Å²) in [6.45, 7) is 10.7. The van der Waals surface area contributed by atoms with Crippen molar-refractivity contribution >= 4 is 8.32 Å². The van der Waals surface area contributed by atoms with Crippen molar-refractivity contribution < 1.29 is 19.1 Å². The van der Waals surface area contributed by atoms with Gasteiger partial charge < -0.3 is 19.1 Å². The molecular weight excluding hydrogens is 248 g/mol. The Kier molecular flexibility index (Phi) is 4.77. The van der Waals surface area contributed by atoms with E-state index in [4.69, 9.17) is 8.84 Å². The van der Waals surface area contributed by atoms with Crippen molar-refractivity contribution in [2.45, 2.75) is 51.1 Å². The van der Waals surface area contributed by atoms with E-state index in [9.17, 15) is 10.2 Å². The molecule has 0 saturated heterocycles. The van der Waals surface area contributed by atoms with Gasteiger partial charge in [-0.1, -0.05) is 20.8 Å². The second-order valence-corrected chi connectivity index (χ2v) is 10.9. The second kappa shape index (κ2) is 5.57. The van der Waals surface area contributed by atoms with E-state index < -0.39 is 20.5 Å². The molecule has 0 aliphatic rings. The van der Waals surface area contributed by atoms with E-state index in [2.05, 4.69) is 33.9 Å². The molecule has 104 valence electrons. The molecule has 0 aliphatic heterocycles. The molecule has 1 heterocycles. The van der Waals surface area contributed by atoms with Gasteiger partial charge in [-0.2, -0.15) is 0 Å². The Morgan fingerprint density at radius 1 is 1.33 bits per heavy atom. The summed E-state index contributed by atoms with van der Waals surface area (Å²) >= 11 is 0. The summed E-state index contributed by atoms with van der Waals surface area (Å²) in [7, 11) is -1.90. The number of furan rings is 1. The van der Waals surface area contributed by atoms with Gasteiger partial charge in [0, 0.05) is 0 Å². The maximum Gasteiger partial charge on any atom is 0.192 e. The smallest absolute Gasteiger partial charge is 0.192 e. The van der Waals surface area contributed by atoms with Crippen molar-refractivity contribution in [1.82, 2.24) is 0 Å². The van der Waals surface area contributed by atoms with E-state index >= 15 is 0 Å². The lowest BCUT2D eigenvalue weighted by Gasteiger charge is -2.37. The molecular formula is C13H24O4Si. The SMILES string of the molecule is CC(C)(C)[Si](C)(C)OC[C@@H](O)[C@H](O)c1ccco1. The molecule has 0 saturated carbocycles. The quantitative estimate of drug-likeness (QED) is 0.809. The summed E-state index contributed by atoms with van der Waals surface area (Å²) in [6, 6.07) is 3.32. The fraction of sp³-hybridized carbons (Fsp3) is 0.692. The lowest BCUT2D eigenvalue weighted by atomic mass is 10.2. The van der Waals surface area contributed by atoms with E-state index in [0.29, 0.717) is 5.76 Å². The molecule has 0 spiro atoms. The van der Waals surface area contributed by atoms with Gasteiger partial charge in [-0.3, -0.25) is 0 Å². The Labute approximate surface area is 110 Å². The summed E-state index contributed by atoms with van der Waals surface area (Å²) in [5.74, 6) is 0.362. The Balaban J connectivity index is 2.54. The standard InChI is InChI=1S/C13H24O4Si/c1-13(2,3)18(4,5)17-9-10(14)12(15)11-7-6-8-16-11/h6-8,10,12,14-15H,9H2,1-5H3/t10-,12+/m1/s1. The third-order valence-electron chi connectivity index (χ3n) is 3.62. The lowest BCUT2D eigenvalue weighted by Crippen LogP contribution is -2.43. The van der Waals surface area contributed by atoms with E-state index in [1.807, 2.05) is 0 Å². The van der Waals surface area contributed by atoms with Gasteiger partial charge in [0.15, 0.2) is 8.32 Å². The summed E-state index contributed by atoms with van der Waals surface area (Å²) in [4.78, 5) is 0. The third-order valence-corrected chi connectivity index (χ3v) is 8.12. The maximum atomic E-state index is 9.91. The van der Waals surface area contributed by atoms with Gasteiger partial charge in [0.05, 0.1) is 12.9 Å². The van der Waals surface area contributed by atoms with Crippen LogP contribution in [-0.2, 0) is 4.43 Å². The molecule has 0 unspecified atom stereocenters. The molecule has 0 amide bonds. The highest BCUT2D eigenvalue weighted by molar-refractivity contribution is 6.74. The minimum atomic E-state index is -1.90. The number of hydrogen-bond donors (Lipinski definition) is 2. The molecule has 1 rings (SSSR count). The van der Waals surface area contributed by atoms with Crippen LogP contribution in [-0.4, -0.2) is 31.2 Å². The molecule has 2 N–H and O–H groups in total. The third kappa shape index (κ3) is 3.68. The van der Waals surface area contributed by atoms with Gasteiger partial charge in [-0.05, 0) is 30.3 Å². The van der Waals surface area contributed by atoms with Crippen LogP contribution in [0.15, 0.2) is 22.8 Å². The predicted octanol–water partition coefficient (Wildman–Crippen LogP) is 2.70. The van der Waals surface area contributed by atoms with Crippen molar-refractivity contribution in [2.24, 2.45) is 0 Å². The zero-order valence-electron chi connectivity index (χ0n) is 11.8. The summed E-state index contributed by atoms with van der Waals surface area (Å²) in [5.41, 5.74) is 0. The Hall–Kier alpha value is -0.623. The highest BCUT2D eigenvalue weighted by Crippen LogP contribution is 2.36. The van der Waals surface area contributed by atoms with E-state index in [1.54, 1.807) is 12.1 Å². The highest BCUT2D eigenvalue weighted by atomic mass is 28.4. The molecule has 1 aromatic rings. The van der Waals surface area contributed by atoms with Gasteiger partial charge in [0.25, 0.3) is 0 Å². The van der Waals surface area contributed by atoms with Crippen LogP contribution in [0.4, 0.5) is 0 Å². The van der Waals surface area contributed by atoms with Crippen LogP contribution in [0, 0.1) is 0 Å². The Bertz CT molecular complexity index is 354. The van der Waals surface area contributed by atoms with Crippen molar-refractivity contribution in [2.75, 3.05) is 6.61 Å². The molecule has 2 atom stereocenters. The largest absolute Gasteiger partial charge is 0.466 e. The van der Waals surface area contributed by atoms with Crippen LogP contribution >= 0.6 is 0 Å². The number of aliphatic hydroxyl groups excluding tert-OH is 2. The molecule has 0 aliphatic carbocycles. The van der Waals surface area contributed by atoms with Gasteiger partial charge in [0.2, 0.25) is 0 Å². The summed E-state index contributed by atoms with van der Waals surface area (Å²) < 4.78 is 10.9. The zero-order chi connectivity index (χ0) is 14.0. The molecule has 18 heavy (non-hydrogen) atoms. The van der Waals surface area contributed by atoms with Crippen molar-refractivity contribution in [1.29, 1.82) is 0 Å². The first kappa shape index (κ1) is 15.4. The van der Waals surface area contributed by atoms with Crippen LogP contribution in [0.1, 0.15) is 32.6 Å². The molecule has 0 fully saturated rings. The van der Waals surface area contributed by atoms with Gasteiger partial charge in [-0.25, -0.2) is 0 Å². The highest BCUT2D eigenvalue weighted by Gasteiger charge is 2.38. The second-order valence-electron chi connectivity index (χ2n) is 6.10. The molecule has 0 bridgehead atoms. The maximum absolute atomic E-state index is 9.91. The fourth-order valence-electron chi connectivity index (χ4n) is 1.25. The van der Waals surface area contributed by atoms with Crippen LogP contribution in [0.2, 0.25) is 18.1 Å². The van der Waals surface area contributed by atoms with Crippen LogP contribution in [0.5, 0.6) is 0 Å². The average molecular weight is 272 g/mol. The van der Waals surface area contributed by atoms with Gasteiger partial charge >= 0.3 is 0 Å². The number of rotatable bonds is 5. The normalized spacial score (nSPS) is 16.6. The van der Waals surface area contributed by atoms with Crippen LogP contribution in [0.25, 0.3) is 0 Å². The first-order chi connectivity index (χ1) is 8.15. The van der Waals surface area contributed by atoms with Gasteiger partial charge in [0.1, 0.15) is 18.0 Å². The van der Waals surface area contributed by atoms with Crippen LogP contribution < -0.4 is 0 Å². The lowest BCUT2D eigenvalue weighted by molar-refractivity contribution is -0.0221. The Morgan fingerprint density at radius 3 is 2.39 bits per heavy atom. The molecule has 0 aromatic carbocycles. The summed E-state index contributed by atoms with van der Waals surface area (Å²) in [6.07, 6.45) is -0.532. The average Bonchev–Trinajstić information content (AvgIpc) is 2.76.